The number of allylic oxidation sites excluding steroid dienone is 3. The van der Waals surface area contributed by atoms with Crippen molar-refractivity contribution in [2.75, 3.05) is 0 Å². The molecule has 25 heavy (non-hydrogen) atoms. The van der Waals surface area contributed by atoms with Crippen LogP contribution in [0.25, 0.3) is 11.1 Å². The van der Waals surface area contributed by atoms with Gasteiger partial charge in [0.2, 0.25) is 0 Å². The van der Waals surface area contributed by atoms with Gasteiger partial charge in [-0.3, -0.25) is 5.41 Å². The van der Waals surface area contributed by atoms with Crippen molar-refractivity contribution in [2.45, 2.75) is 33.1 Å². The van der Waals surface area contributed by atoms with Gasteiger partial charge < -0.3 is 5.73 Å². The fourth-order valence-electron chi connectivity index (χ4n) is 4.24. The summed E-state index contributed by atoms with van der Waals surface area (Å²) in [6.45, 7) is 8.68. The number of hydrogen-bond donors (Lipinski definition) is 2. The lowest BCUT2D eigenvalue weighted by molar-refractivity contribution is 0.582. The Morgan fingerprint density at radius 3 is 2.28 bits per heavy atom. The van der Waals surface area contributed by atoms with E-state index in [0.29, 0.717) is 5.71 Å². The molecule has 2 aliphatic rings. The lowest BCUT2D eigenvalue weighted by atomic mass is 9.78. The van der Waals surface area contributed by atoms with E-state index in [2.05, 4.69) is 76.2 Å². The predicted molar refractivity (Wildman–Crippen MR) is 105 cm³/mol. The third kappa shape index (κ3) is 2.07. The summed E-state index contributed by atoms with van der Waals surface area (Å²) in [4.78, 5) is 0. The van der Waals surface area contributed by atoms with Gasteiger partial charge in [-0.25, -0.2) is 0 Å². The molecule has 0 saturated carbocycles. The molecule has 3 N–H and O–H groups in total. The molecule has 2 heteroatoms. The second kappa shape index (κ2) is 4.95. The van der Waals surface area contributed by atoms with Gasteiger partial charge in [0, 0.05) is 27.7 Å². The molecule has 0 bridgehead atoms. The molecule has 0 spiro atoms. The van der Waals surface area contributed by atoms with Crippen molar-refractivity contribution in [3.63, 3.8) is 0 Å². The van der Waals surface area contributed by atoms with Crippen LogP contribution in [0, 0.1) is 10.8 Å². The monoisotopic (exact) mass is 328 g/mol. The Kier molecular flexibility index (Phi) is 3.15. The number of rotatable bonds is 2. The van der Waals surface area contributed by atoms with Crippen molar-refractivity contribution in [1.29, 1.82) is 5.41 Å². The van der Waals surface area contributed by atoms with E-state index in [1.165, 1.54) is 22.3 Å². The SMILES string of the molecule is CC1(C)C=CC(C(=N)c2cccc3c2C(C)(C)c2ccccc2-3)=C1N. The summed E-state index contributed by atoms with van der Waals surface area (Å²) in [5.74, 6) is 0. The number of nitrogens with two attached hydrogens (primary N) is 1. The standard InChI is InChI=1S/C23H24N2/c1-22(2)13-12-17(21(22)25)20(24)16-10-7-9-15-14-8-5-6-11-18(14)23(3,4)19(15)16/h5-13,24H,25H2,1-4H3. The molecule has 2 aliphatic carbocycles. The molecule has 126 valence electrons. The molecule has 0 unspecified atom stereocenters. The van der Waals surface area contributed by atoms with Crippen molar-refractivity contribution in [3.05, 3.63) is 82.6 Å². The molecule has 2 aromatic carbocycles. The van der Waals surface area contributed by atoms with E-state index in [0.717, 1.165) is 16.8 Å². The first-order valence-corrected chi connectivity index (χ1v) is 8.77. The molecule has 4 rings (SSSR count). The molecule has 0 aromatic heterocycles. The second-order valence-electron chi connectivity index (χ2n) is 8.16. The molecule has 0 aliphatic heterocycles. The highest BCUT2D eigenvalue weighted by molar-refractivity contribution is 6.15. The minimum atomic E-state index is -0.182. The summed E-state index contributed by atoms with van der Waals surface area (Å²) in [7, 11) is 0. The zero-order chi connectivity index (χ0) is 18.0. The smallest absolute Gasteiger partial charge is 0.0705 e. The average Bonchev–Trinajstić information content (AvgIpc) is 2.99. The van der Waals surface area contributed by atoms with Crippen molar-refractivity contribution in [2.24, 2.45) is 11.1 Å². The molecule has 0 saturated heterocycles. The Balaban J connectivity index is 1.93. The van der Waals surface area contributed by atoms with Crippen LogP contribution in [0.3, 0.4) is 0 Å². The van der Waals surface area contributed by atoms with Gasteiger partial charge >= 0.3 is 0 Å². The molecular formula is C23H24N2. The van der Waals surface area contributed by atoms with E-state index in [4.69, 9.17) is 11.1 Å². The fraction of sp³-hybridized carbons (Fsp3) is 0.261. The predicted octanol–water partition coefficient (Wildman–Crippen LogP) is 5.17. The Morgan fingerprint density at radius 2 is 1.60 bits per heavy atom. The molecule has 2 nitrogen and oxygen atoms in total. The molecule has 0 atom stereocenters. The van der Waals surface area contributed by atoms with Gasteiger partial charge in [0.05, 0.1) is 5.71 Å². The highest BCUT2D eigenvalue weighted by Gasteiger charge is 2.38. The lowest BCUT2D eigenvalue weighted by Crippen LogP contribution is -2.22. The second-order valence-corrected chi connectivity index (χ2v) is 8.16. The fourth-order valence-corrected chi connectivity index (χ4v) is 4.24. The zero-order valence-corrected chi connectivity index (χ0v) is 15.3. The summed E-state index contributed by atoms with van der Waals surface area (Å²) in [5, 5.41) is 8.90. The Labute approximate surface area is 149 Å². The van der Waals surface area contributed by atoms with E-state index in [1.807, 2.05) is 6.08 Å². The van der Waals surface area contributed by atoms with E-state index >= 15 is 0 Å². The molecule has 0 radical (unpaired) electrons. The maximum atomic E-state index is 8.90. The largest absolute Gasteiger partial charge is 0.401 e. The van der Waals surface area contributed by atoms with Crippen LogP contribution < -0.4 is 5.73 Å². The topological polar surface area (TPSA) is 49.9 Å². The summed E-state index contributed by atoms with van der Waals surface area (Å²) >= 11 is 0. The van der Waals surface area contributed by atoms with Crippen LogP contribution in [0.1, 0.15) is 44.4 Å². The van der Waals surface area contributed by atoms with E-state index in [9.17, 15) is 0 Å². The van der Waals surface area contributed by atoms with E-state index in [-0.39, 0.29) is 10.8 Å². The van der Waals surface area contributed by atoms with Gasteiger partial charge in [-0.2, -0.15) is 0 Å². The Bertz CT molecular complexity index is 971. The normalized spacial score (nSPS) is 19.0. The first-order chi connectivity index (χ1) is 11.7. The van der Waals surface area contributed by atoms with Gasteiger partial charge in [0.25, 0.3) is 0 Å². The van der Waals surface area contributed by atoms with Crippen LogP contribution in [0.2, 0.25) is 0 Å². The van der Waals surface area contributed by atoms with Crippen LogP contribution >= 0.6 is 0 Å². The average molecular weight is 328 g/mol. The van der Waals surface area contributed by atoms with Crippen molar-refractivity contribution >= 4 is 5.71 Å². The highest BCUT2D eigenvalue weighted by atomic mass is 14.7. The number of hydrogen-bond acceptors (Lipinski definition) is 2. The van der Waals surface area contributed by atoms with Crippen LogP contribution in [-0.2, 0) is 5.41 Å². The highest BCUT2D eigenvalue weighted by Crippen LogP contribution is 2.50. The number of nitrogens with one attached hydrogen (secondary N) is 1. The van der Waals surface area contributed by atoms with Crippen LogP contribution in [0.15, 0.2) is 65.9 Å². The van der Waals surface area contributed by atoms with E-state index < -0.39 is 0 Å². The molecule has 2 aromatic rings. The molecule has 0 amide bonds. The zero-order valence-electron chi connectivity index (χ0n) is 15.3. The maximum Gasteiger partial charge on any atom is 0.0705 e. The molecule has 0 heterocycles. The van der Waals surface area contributed by atoms with Gasteiger partial charge in [0.15, 0.2) is 0 Å². The van der Waals surface area contributed by atoms with Gasteiger partial charge in [-0.05, 0) is 22.3 Å². The quantitative estimate of drug-likeness (QED) is 0.734. The first kappa shape index (κ1) is 15.9. The van der Waals surface area contributed by atoms with Crippen molar-refractivity contribution < 1.29 is 0 Å². The number of benzene rings is 2. The number of fused-ring (bicyclic) bond motifs is 3. The van der Waals surface area contributed by atoms with E-state index in [1.54, 1.807) is 0 Å². The third-order valence-electron chi connectivity index (χ3n) is 5.77. The molecule has 0 fully saturated rings. The lowest BCUT2D eigenvalue weighted by Gasteiger charge is -2.25. The Morgan fingerprint density at radius 1 is 0.920 bits per heavy atom. The minimum absolute atomic E-state index is 0.123. The molecular weight excluding hydrogens is 304 g/mol. The van der Waals surface area contributed by atoms with Crippen LogP contribution in [0.5, 0.6) is 0 Å². The van der Waals surface area contributed by atoms with Crippen LogP contribution in [0.4, 0.5) is 0 Å². The summed E-state index contributed by atoms with van der Waals surface area (Å²) in [5.41, 5.74) is 14.3. The van der Waals surface area contributed by atoms with Gasteiger partial charge in [-0.1, -0.05) is 82.3 Å². The van der Waals surface area contributed by atoms with Gasteiger partial charge in [-0.15, -0.1) is 0 Å². The summed E-state index contributed by atoms with van der Waals surface area (Å²) in [6, 6.07) is 14.9. The maximum absolute atomic E-state index is 8.90. The van der Waals surface area contributed by atoms with Crippen molar-refractivity contribution in [3.8, 4) is 11.1 Å². The third-order valence-corrected chi connectivity index (χ3v) is 5.77. The first-order valence-electron chi connectivity index (χ1n) is 8.77. The van der Waals surface area contributed by atoms with Crippen LogP contribution in [-0.4, -0.2) is 5.71 Å². The summed E-state index contributed by atoms with van der Waals surface area (Å²) < 4.78 is 0. The minimum Gasteiger partial charge on any atom is -0.401 e. The summed E-state index contributed by atoms with van der Waals surface area (Å²) in [6.07, 6.45) is 4.10. The van der Waals surface area contributed by atoms with Gasteiger partial charge in [0.1, 0.15) is 0 Å². The van der Waals surface area contributed by atoms with Crippen molar-refractivity contribution in [1.82, 2.24) is 0 Å². The Hall–Kier alpha value is -2.61.